The number of hydrogen-bond acceptors (Lipinski definition) is 6. The molecule has 1 spiro atoms. The molecular weight excluding hydrogens is 402 g/mol. The lowest BCUT2D eigenvalue weighted by Crippen LogP contribution is -2.59. The number of ether oxygens (including phenoxy) is 1. The van der Waals surface area contributed by atoms with Gasteiger partial charge in [-0.1, -0.05) is 18.9 Å². The largest absolute Gasteiger partial charge is 0.370 e. The van der Waals surface area contributed by atoms with Crippen LogP contribution in [0.2, 0.25) is 0 Å². The summed E-state index contributed by atoms with van der Waals surface area (Å²) >= 11 is 3.69. The second-order valence-electron chi connectivity index (χ2n) is 9.21. The molecule has 4 aliphatic heterocycles. The molecule has 7 heteroatoms. The molecule has 5 nitrogen and oxygen atoms in total. The van der Waals surface area contributed by atoms with E-state index < -0.39 is 0 Å². The average Bonchev–Trinajstić information content (AvgIpc) is 3.36. The third kappa shape index (κ3) is 3.78. The predicted molar refractivity (Wildman–Crippen MR) is 119 cm³/mol. The molecule has 3 atom stereocenters. The summed E-state index contributed by atoms with van der Waals surface area (Å²) in [5, 5.41) is 0. The van der Waals surface area contributed by atoms with Crippen molar-refractivity contribution in [3.05, 3.63) is 21.4 Å². The molecule has 0 aliphatic carbocycles. The minimum Gasteiger partial charge on any atom is -0.370 e. The highest BCUT2D eigenvalue weighted by Crippen LogP contribution is 2.46. The molecule has 5 rings (SSSR count). The molecule has 0 bridgehead atoms. The lowest BCUT2D eigenvalue weighted by molar-refractivity contribution is -0.141. The fourth-order valence-corrected chi connectivity index (χ4v) is 7.60. The minimum absolute atomic E-state index is 0.0472. The van der Waals surface area contributed by atoms with Crippen LogP contribution in [0.15, 0.2) is 6.07 Å². The third-order valence-electron chi connectivity index (χ3n) is 7.25. The van der Waals surface area contributed by atoms with Crippen LogP contribution in [0.5, 0.6) is 0 Å². The standard InChI is InChI=1S/C22H33N3O2S2/c1-3-17-10-18-20(29-17)4-8-27-22(18)6-7-24(15(2)11-22)12-16-13-25(14-16)21(26)19-5-9-28-23-19/h10,15-16,19,23H,3-9,11-14H2,1-2H3/t15-,19?,22?/m0/s1. The minimum atomic E-state index is -0.0547. The lowest BCUT2D eigenvalue weighted by atomic mass is 9.79. The van der Waals surface area contributed by atoms with Crippen LogP contribution < -0.4 is 4.72 Å². The van der Waals surface area contributed by atoms with Crippen molar-refractivity contribution in [2.75, 3.05) is 38.5 Å². The van der Waals surface area contributed by atoms with E-state index in [1.807, 2.05) is 11.3 Å². The van der Waals surface area contributed by atoms with Gasteiger partial charge in [0.15, 0.2) is 0 Å². The summed E-state index contributed by atoms with van der Waals surface area (Å²) in [5.74, 6) is 1.98. The summed E-state index contributed by atoms with van der Waals surface area (Å²) in [7, 11) is 0. The SMILES string of the molecule is CCc1cc2c(s1)CCOC21CCN(CC2CN(C(=O)C3CCSN3)C2)[C@@H](C)C1. The highest BCUT2D eigenvalue weighted by atomic mass is 32.2. The van der Waals surface area contributed by atoms with Crippen molar-refractivity contribution >= 4 is 29.2 Å². The second kappa shape index (κ2) is 8.15. The number of hydrogen-bond donors (Lipinski definition) is 1. The van der Waals surface area contributed by atoms with Crippen molar-refractivity contribution in [2.45, 2.75) is 63.6 Å². The van der Waals surface area contributed by atoms with E-state index in [1.165, 1.54) is 10.4 Å². The number of nitrogens with one attached hydrogen (secondary N) is 1. The van der Waals surface area contributed by atoms with Gasteiger partial charge in [0.25, 0.3) is 0 Å². The Morgan fingerprint density at radius 1 is 1.41 bits per heavy atom. The van der Waals surface area contributed by atoms with E-state index in [0.717, 1.165) is 70.6 Å². The Morgan fingerprint density at radius 3 is 3.00 bits per heavy atom. The zero-order valence-corrected chi connectivity index (χ0v) is 19.2. The topological polar surface area (TPSA) is 44.8 Å². The first-order chi connectivity index (χ1) is 14.1. The van der Waals surface area contributed by atoms with Crippen LogP contribution in [-0.2, 0) is 28.0 Å². The van der Waals surface area contributed by atoms with Crippen LogP contribution in [-0.4, -0.2) is 66.3 Å². The maximum Gasteiger partial charge on any atom is 0.240 e. The number of piperidine rings is 1. The summed E-state index contributed by atoms with van der Waals surface area (Å²) in [5.41, 5.74) is 1.44. The molecule has 3 saturated heterocycles. The molecule has 0 radical (unpaired) electrons. The number of rotatable bonds is 4. The Hall–Kier alpha value is -0.600. The van der Waals surface area contributed by atoms with Gasteiger partial charge in [0.1, 0.15) is 0 Å². The first-order valence-corrected chi connectivity index (χ1v) is 13.0. The molecule has 1 N–H and O–H groups in total. The lowest BCUT2D eigenvalue weighted by Gasteiger charge is -2.50. The highest BCUT2D eigenvalue weighted by molar-refractivity contribution is 7.97. The van der Waals surface area contributed by atoms with Gasteiger partial charge in [0.05, 0.1) is 18.2 Å². The van der Waals surface area contributed by atoms with Crippen LogP contribution in [0.1, 0.15) is 48.4 Å². The van der Waals surface area contributed by atoms with Crippen molar-refractivity contribution in [1.29, 1.82) is 0 Å². The number of aryl methyl sites for hydroxylation is 1. The van der Waals surface area contributed by atoms with Crippen molar-refractivity contribution in [1.82, 2.24) is 14.5 Å². The molecule has 160 valence electrons. The van der Waals surface area contributed by atoms with E-state index >= 15 is 0 Å². The number of carbonyl (C=O) groups excluding carboxylic acids is 1. The van der Waals surface area contributed by atoms with Crippen LogP contribution in [0, 0.1) is 5.92 Å². The molecule has 2 unspecified atom stereocenters. The third-order valence-corrected chi connectivity index (χ3v) is 9.48. The molecular formula is C22H33N3O2S2. The van der Waals surface area contributed by atoms with E-state index in [0.29, 0.717) is 17.9 Å². The fraction of sp³-hybridized carbons (Fsp3) is 0.773. The molecule has 0 aromatic carbocycles. The van der Waals surface area contributed by atoms with Crippen molar-refractivity contribution in [2.24, 2.45) is 5.92 Å². The Bertz CT molecular complexity index is 757. The zero-order valence-electron chi connectivity index (χ0n) is 17.6. The maximum atomic E-state index is 12.5. The molecule has 3 fully saturated rings. The molecule has 1 amide bonds. The van der Waals surface area contributed by atoms with Gasteiger partial charge in [0, 0.05) is 60.1 Å². The summed E-state index contributed by atoms with van der Waals surface area (Å²) in [6.07, 6.45) is 5.38. The van der Waals surface area contributed by atoms with Crippen molar-refractivity contribution in [3.63, 3.8) is 0 Å². The van der Waals surface area contributed by atoms with Gasteiger partial charge in [-0.05, 0) is 44.2 Å². The maximum absolute atomic E-state index is 12.5. The molecule has 1 aromatic heterocycles. The van der Waals surface area contributed by atoms with E-state index in [9.17, 15) is 4.79 Å². The molecule has 5 heterocycles. The van der Waals surface area contributed by atoms with Gasteiger partial charge in [-0.25, -0.2) is 0 Å². The highest BCUT2D eigenvalue weighted by Gasteiger charge is 2.45. The van der Waals surface area contributed by atoms with Crippen LogP contribution in [0.3, 0.4) is 0 Å². The molecule has 1 aromatic rings. The molecule has 0 saturated carbocycles. The number of carbonyl (C=O) groups is 1. The van der Waals surface area contributed by atoms with E-state index in [1.54, 1.807) is 16.8 Å². The Kier molecular flexibility index (Phi) is 5.71. The zero-order chi connectivity index (χ0) is 20.0. The first-order valence-electron chi connectivity index (χ1n) is 11.2. The number of nitrogens with zero attached hydrogens (tertiary/aromatic N) is 2. The van der Waals surface area contributed by atoms with Crippen molar-refractivity contribution < 1.29 is 9.53 Å². The summed E-state index contributed by atoms with van der Waals surface area (Å²) in [4.78, 5) is 20.3. The molecule has 4 aliphatic rings. The summed E-state index contributed by atoms with van der Waals surface area (Å²) in [6, 6.07) is 3.01. The Balaban J connectivity index is 1.17. The van der Waals surface area contributed by atoms with E-state index in [-0.39, 0.29) is 11.6 Å². The van der Waals surface area contributed by atoms with Crippen LogP contribution >= 0.6 is 23.3 Å². The van der Waals surface area contributed by atoms with Gasteiger partial charge >= 0.3 is 0 Å². The van der Waals surface area contributed by atoms with Gasteiger partial charge in [-0.3, -0.25) is 9.52 Å². The van der Waals surface area contributed by atoms with Crippen LogP contribution in [0.25, 0.3) is 0 Å². The summed E-state index contributed by atoms with van der Waals surface area (Å²) in [6.45, 7) is 9.57. The number of fused-ring (bicyclic) bond motifs is 2. The normalized spacial score (nSPS) is 33.1. The fourth-order valence-electron chi connectivity index (χ4n) is 5.53. The van der Waals surface area contributed by atoms with Crippen molar-refractivity contribution in [3.8, 4) is 0 Å². The Labute approximate surface area is 182 Å². The van der Waals surface area contributed by atoms with Gasteiger partial charge in [-0.15, -0.1) is 11.3 Å². The monoisotopic (exact) mass is 435 g/mol. The van der Waals surface area contributed by atoms with Gasteiger partial charge < -0.3 is 14.5 Å². The number of likely N-dealkylation sites (tertiary alicyclic amines) is 2. The average molecular weight is 436 g/mol. The Morgan fingerprint density at radius 2 is 2.28 bits per heavy atom. The number of thiophene rings is 1. The second-order valence-corrected chi connectivity index (χ2v) is 11.4. The quantitative estimate of drug-likeness (QED) is 0.737. The predicted octanol–water partition coefficient (Wildman–Crippen LogP) is 3.03. The van der Waals surface area contributed by atoms with E-state index in [4.69, 9.17) is 4.74 Å². The number of amides is 1. The smallest absolute Gasteiger partial charge is 0.240 e. The van der Waals surface area contributed by atoms with Gasteiger partial charge in [-0.2, -0.15) is 0 Å². The van der Waals surface area contributed by atoms with Crippen LogP contribution in [0.4, 0.5) is 0 Å². The first kappa shape index (κ1) is 20.3. The molecule has 29 heavy (non-hydrogen) atoms. The van der Waals surface area contributed by atoms with E-state index in [2.05, 4.69) is 34.4 Å². The summed E-state index contributed by atoms with van der Waals surface area (Å²) < 4.78 is 9.74. The van der Waals surface area contributed by atoms with Gasteiger partial charge in [0.2, 0.25) is 5.91 Å².